The highest BCUT2D eigenvalue weighted by molar-refractivity contribution is 5.56. The molecule has 0 saturated carbocycles. The minimum Gasteiger partial charge on any atom is -0.497 e. The van der Waals surface area contributed by atoms with Gasteiger partial charge in [0.05, 0.1) is 7.11 Å². The number of aliphatic hydroxyl groups is 1. The van der Waals surface area contributed by atoms with E-state index < -0.39 is 6.10 Å². The van der Waals surface area contributed by atoms with Crippen LogP contribution in [0.25, 0.3) is 0 Å². The molecule has 1 unspecified atom stereocenters. The maximum Gasteiger partial charge on any atom is 0.142 e. The first-order valence-corrected chi connectivity index (χ1v) is 10.00. The highest BCUT2D eigenvalue weighted by Crippen LogP contribution is 2.30. The maximum absolute atomic E-state index is 10.9. The summed E-state index contributed by atoms with van der Waals surface area (Å²) in [6, 6.07) is 16.4. The number of methoxy groups -OCH3 is 1. The molecule has 1 aliphatic rings. The summed E-state index contributed by atoms with van der Waals surface area (Å²) in [6.45, 7) is 4.72. The lowest BCUT2D eigenvalue weighted by Crippen LogP contribution is -2.46. The van der Waals surface area contributed by atoms with E-state index in [4.69, 9.17) is 4.74 Å². The van der Waals surface area contributed by atoms with Crippen LogP contribution in [0.2, 0.25) is 0 Å². The molecule has 1 fully saturated rings. The molecule has 6 nitrogen and oxygen atoms in total. The Hall–Kier alpha value is -2.83. The predicted octanol–water partition coefficient (Wildman–Crippen LogP) is 2.83. The predicted molar refractivity (Wildman–Crippen MR) is 114 cm³/mol. The molecule has 29 heavy (non-hydrogen) atoms. The van der Waals surface area contributed by atoms with Gasteiger partial charge in [-0.25, -0.2) is 4.98 Å². The maximum atomic E-state index is 10.9. The van der Waals surface area contributed by atoms with E-state index in [1.165, 1.54) is 5.56 Å². The van der Waals surface area contributed by atoms with Crippen LogP contribution in [0.5, 0.6) is 5.75 Å². The number of para-hydroxylation sites is 1. The Morgan fingerprint density at radius 2 is 1.86 bits per heavy atom. The highest BCUT2D eigenvalue weighted by Gasteiger charge is 2.24. The molecule has 0 amide bonds. The van der Waals surface area contributed by atoms with Crippen molar-refractivity contribution in [1.82, 2.24) is 14.5 Å². The van der Waals surface area contributed by atoms with Crippen molar-refractivity contribution in [2.24, 2.45) is 7.05 Å². The molecule has 1 N–H and O–H groups in total. The summed E-state index contributed by atoms with van der Waals surface area (Å²) < 4.78 is 7.20. The zero-order valence-corrected chi connectivity index (χ0v) is 17.0. The number of benzene rings is 2. The van der Waals surface area contributed by atoms with Crippen molar-refractivity contribution in [1.29, 1.82) is 0 Å². The molecule has 0 aliphatic carbocycles. The topological polar surface area (TPSA) is 53.8 Å². The third-order valence-electron chi connectivity index (χ3n) is 5.59. The number of nitrogens with zero attached hydrogens (tertiary/aromatic N) is 4. The van der Waals surface area contributed by atoms with Gasteiger partial charge in [0.25, 0.3) is 0 Å². The van der Waals surface area contributed by atoms with Gasteiger partial charge in [-0.05, 0) is 23.8 Å². The van der Waals surface area contributed by atoms with Crippen molar-refractivity contribution in [2.45, 2.75) is 12.6 Å². The molecule has 152 valence electrons. The molecule has 1 saturated heterocycles. The van der Waals surface area contributed by atoms with E-state index in [-0.39, 0.29) is 0 Å². The van der Waals surface area contributed by atoms with Crippen LogP contribution in [0, 0.1) is 0 Å². The minimum absolute atomic E-state index is 0.661. The molecule has 2 aromatic carbocycles. The Balaban J connectivity index is 1.44. The molecule has 1 aliphatic heterocycles. The summed E-state index contributed by atoms with van der Waals surface area (Å²) in [5, 5.41) is 10.9. The number of aromatic nitrogens is 2. The Bertz CT molecular complexity index is 947. The molecular weight excluding hydrogens is 364 g/mol. The minimum atomic E-state index is -0.735. The van der Waals surface area contributed by atoms with E-state index in [9.17, 15) is 5.11 Å². The molecule has 0 bridgehead atoms. The first kappa shape index (κ1) is 19.5. The third-order valence-corrected chi connectivity index (χ3v) is 5.59. The number of rotatable bonds is 6. The number of aryl methyl sites for hydroxylation is 1. The van der Waals surface area contributed by atoms with Gasteiger partial charge in [0.2, 0.25) is 0 Å². The largest absolute Gasteiger partial charge is 0.497 e. The van der Waals surface area contributed by atoms with Gasteiger partial charge in [-0.2, -0.15) is 0 Å². The zero-order valence-electron chi connectivity index (χ0n) is 17.0. The van der Waals surface area contributed by atoms with Crippen LogP contribution in [0.1, 0.15) is 23.1 Å². The SMILES string of the molecule is COc1cccc(CN2CCN(c3ccccc3C(O)c3nccn3C)CC2)c1. The molecule has 6 heteroatoms. The molecule has 4 rings (SSSR count). The molecule has 2 heterocycles. The molecule has 0 spiro atoms. The fourth-order valence-electron chi connectivity index (χ4n) is 3.96. The van der Waals surface area contributed by atoms with Crippen molar-refractivity contribution in [3.63, 3.8) is 0 Å². The Kier molecular flexibility index (Phi) is 5.83. The number of piperazine rings is 1. The van der Waals surface area contributed by atoms with Crippen molar-refractivity contribution in [3.05, 3.63) is 77.9 Å². The number of aliphatic hydroxyl groups excluding tert-OH is 1. The van der Waals surface area contributed by atoms with Gasteiger partial charge in [0.15, 0.2) is 0 Å². The van der Waals surface area contributed by atoms with Gasteiger partial charge in [0.1, 0.15) is 17.7 Å². The van der Waals surface area contributed by atoms with Crippen LogP contribution in [0.15, 0.2) is 60.9 Å². The average Bonchev–Trinajstić information content (AvgIpc) is 3.20. The lowest BCUT2D eigenvalue weighted by atomic mass is 10.0. The number of hydrogen-bond acceptors (Lipinski definition) is 5. The first-order chi connectivity index (χ1) is 14.2. The molecule has 3 aromatic rings. The van der Waals surface area contributed by atoms with Crippen LogP contribution in [0.3, 0.4) is 0 Å². The standard InChI is InChI=1S/C23H28N4O2/c1-25-11-10-24-23(25)22(28)20-8-3-4-9-21(20)27-14-12-26(13-15-27)17-18-6-5-7-19(16-18)29-2/h3-11,16,22,28H,12-15,17H2,1-2H3. The summed E-state index contributed by atoms with van der Waals surface area (Å²) in [5.74, 6) is 1.56. The second kappa shape index (κ2) is 8.68. The summed E-state index contributed by atoms with van der Waals surface area (Å²) in [6.07, 6.45) is 2.85. The smallest absolute Gasteiger partial charge is 0.142 e. The molecule has 0 radical (unpaired) electrons. The normalized spacial score (nSPS) is 16.0. The summed E-state index contributed by atoms with van der Waals surface area (Å²) in [5.41, 5.74) is 3.26. The third kappa shape index (κ3) is 4.28. The van der Waals surface area contributed by atoms with E-state index >= 15 is 0 Å². The summed E-state index contributed by atoms with van der Waals surface area (Å²) in [7, 11) is 3.61. The van der Waals surface area contributed by atoms with Gasteiger partial charge in [-0.3, -0.25) is 4.90 Å². The second-order valence-corrected chi connectivity index (χ2v) is 7.47. The Labute approximate surface area is 172 Å². The lowest BCUT2D eigenvalue weighted by molar-refractivity contribution is 0.205. The molecular formula is C23H28N4O2. The first-order valence-electron chi connectivity index (χ1n) is 10.00. The van der Waals surface area contributed by atoms with Crippen molar-refractivity contribution in [3.8, 4) is 5.75 Å². The van der Waals surface area contributed by atoms with E-state index in [2.05, 4.69) is 33.0 Å². The van der Waals surface area contributed by atoms with Gasteiger partial charge in [-0.1, -0.05) is 30.3 Å². The van der Waals surface area contributed by atoms with E-state index in [0.717, 1.165) is 49.7 Å². The van der Waals surface area contributed by atoms with Crippen LogP contribution >= 0.6 is 0 Å². The van der Waals surface area contributed by atoms with Crippen molar-refractivity contribution in [2.75, 3.05) is 38.2 Å². The van der Waals surface area contributed by atoms with Gasteiger partial charge < -0.3 is 19.3 Å². The summed E-state index contributed by atoms with van der Waals surface area (Å²) in [4.78, 5) is 9.15. The summed E-state index contributed by atoms with van der Waals surface area (Å²) >= 11 is 0. The fourth-order valence-corrected chi connectivity index (χ4v) is 3.96. The van der Waals surface area contributed by atoms with Crippen LogP contribution in [0.4, 0.5) is 5.69 Å². The molecule has 1 aromatic heterocycles. The van der Waals surface area contributed by atoms with Crippen LogP contribution in [-0.2, 0) is 13.6 Å². The molecule has 1 atom stereocenters. The van der Waals surface area contributed by atoms with Gasteiger partial charge in [-0.15, -0.1) is 0 Å². The van der Waals surface area contributed by atoms with Crippen molar-refractivity contribution < 1.29 is 9.84 Å². The number of anilines is 1. The monoisotopic (exact) mass is 392 g/mol. The number of hydrogen-bond donors (Lipinski definition) is 1. The fraction of sp³-hybridized carbons (Fsp3) is 0.348. The zero-order chi connectivity index (χ0) is 20.2. The average molecular weight is 393 g/mol. The lowest BCUT2D eigenvalue weighted by Gasteiger charge is -2.37. The Morgan fingerprint density at radius 1 is 1.07 bits per heavy atom. The number of ether oxygens (including phenoxy) is 1. The van der Waals surface area contributed by atoms with Gasteiger partial charge in [0, 0.05) is 63.4 Å². The van der Waals surface area contributed by atoms with Crippen LogP contribution in [-0.4, -0.2) is 52.8 Å². The van der Waals surface area contributed by atoms with E-state index in [1.807, 2.05) is 48.1 Å². The second-order valence-electron chi connectivity index (χ2n) is 7.47. The quantitative estimate of drug-likeness (QED) is 0.699. The van der Waals surface area contributed by atoms with Gasteiger partial charge >= 0.3 is 0 Å². The highest BCUT2D eigenvalue weighted by atomic mass is 16.5. The Morgan fingerprint density at radius 3 is 2.59 bits per heavy atom. The van der Waals surface area contributed by atoms with Crippen LogP contribution < -0.4 is 9.64 Å². The van der Waals surface area contributed by atoms with E-state index in [1.54, 1.807) is 13.3 Å². The number of imidazole rings is 1. The van der Waals surface area contributed by atoms with E-state index in [0.29, 0.717) is 5.82 Å². The van der Waals surface area contributed by atoms with Crippen molar-refractivity contribution >= 4 is 5.69 Å².